The molecule has 0 saturated carbocycles. The molecule has 3 aromatic rings. The van der Waals surface area contributed by atoms with Crippen LogP contribution in [0, 0.1) is 0 Å². The highest BCUT2D eigenvalue weighted by atomic mass is 32.1. The fraction of sp³-hybridized carbons (Fsp3) is 0.158. The molecule has 140 valence electrons. The van der Waals surface area contributed by atoms with Crippen LogP contribution in [0.25, 0.3) is 11.3 Å². The third-order valence-electron chi connectivity index (χ3n) is 3.73. The van der Waals surface area contributed by atoms with Crippen LogP contribution in [-0.4, -0.2) is 10.9 Å². The van der Waals surface area contributed by atoms with Gasteiger partial charge in [-0.25, -0.2) is 4.98 Å². The average Bonchev–Trinajstić information content (AvgIpc) is 3.11. The Morgan fingerprint density at radius 1 is 1.11 bits per heavy atom. The summed E-state index contributed by atoms with van der Waals surface area (Å²) in [6, 6.07) is 12.2. The predicted octanol–water partition coefficient (Wildman–Crippen LogP) is 5.92. The average molecular weight is 391 g/mol. The first-order valence-electron chi connectivity index (χ1n) is 8.15. The molecule has 2 aromatic carbocycles. The fourth-order valence-corrected chi connectivity index (χ4v) is 3.07. The van der Waals surface area contributed by atoms with E-state index in [9.17, 15) is 18.0 Å². The van der Waals surface area contributed by atoms with Crippen LogP contribution in [0.15, 0.2) is 53.9 Å². The van der Waals surface area contributed by atoms with Gasteiger partial charge in [0.2, 0.25) is 5.91 Å². The van der Waals surface area contributed by atoms with Crippen LogP contribution in [0.5, 0.6) is 0 Å². The first kappa shape index (κ1) is 18.9. The van der Waals surface area contributed by atoms with Crippen molar-refractivity contribution in [3.63, 3.8) is 0 Å². The minimum absolute atomic E-state index is 0.0682. The molecule has 0 unspecified atom stereocenters. The van der Waals surface area contributed by atoms with Crippen molar-refractivity contribution in [3.8, 4) is 11.3 Å². The maximum absolute atomic E-state index is 12.9. The van der Waals surface area contributed by atoms with Crippen molar-refractivity contribution in [2.24, 2.45) is 0 Å². The summed E-state index contributed by atoms with van der Waals surface area (Å²) in [5, 5.41) is 8.12. The van der Waals surface area contributed by atoms with Gasteiger partial charge in [-0.1, -0.05) is 19.1 Å². The molecule has 0 fully saturated rings. The molecule has 27 heavy (non-hydrogen) atoms. The van der Waals surface area contributed by atoms with E-state index in [-0.39, 0.29) is 5.91 Å². The summed E-state index contributed by atoms with van der Waals surface area (Å²) in [6.07, 6.45) is -3.99. The smallest absolute Gasteiger partial charge is 0.332 e. The Labute approximate surface area is 158 Å². The van der Waals surface area contributed by atoms with Gasteiger partial charge in [0.15, 0.2) is 5.13 Å². The Hall–Kier alpha value is -2.87. The monoisotopic (exact) mass is 391 g/mol. The van der Waals surface area contributed by atoms with Gasteiger partial charge in [0.1, 0.15) is 0 Å². The Morgan fingerprint density at radius 3 is 2.48 bits per heavy atom. The molecule has 0 radical (unpaired) electrons. The molecular weight excluding hydrogens is 375 g/mol. The highest BCUT2D eigenvalue weighted by molar-refractivity contribution is 7.14. The standard InChI is InChI=1S/C19H16F3N3OS/c1-2-17(26)23-14-6-8-15(9-7-14)24-18-25-16(11-27-18)12-4-3-5-13(10-12)19(20,21)22/h3-11H,2H2,1H3,(H,23,26)(H,24,25). The van der Waals surface area contributed by atoms with Crippen molar-refractivity contribution in [1.29, 1.82) is 0 Å². The van der Waals surface area contributed by atoms with Gasteiger partial charge in [-0.15, -0.1) is 11.3 Å². The van der Waals surface area contributed by atoms with Crippen molar-refractivity contribution in [2.45, 2.75) is 19.5 Å². The summed E-state index contributed by atoms with van der Waals surface area (Å²) >= 11 is 1.30. The zero-order valence-electron chi connectivity index (χ0n) is 14.3. The second-order valence-electron chi connectivity index (χ2n) is 5.72. The summed E-state index contributed by atoms with van der Waals surface area (Å²) in [6.45, 7) is 1.77. The number of carbonyl (C=O) groups excluding carboxylic acids is 1. The number of amides is 1. The molecule has 2 N–H and O–H groups in total. The zero-order chi connectivity index (χ0) is 19.4. The Balaban J connectivity index is 1.72. The van der Waals surface area contributed by atoms with Crippen molar-refractivity contribution in [2.75, 3.05) is 10.6 Å². The molecule has 0 aliphatic rings. The van der Waals surface area contributed by atoms with E-state index in [4.69, 9.17) is 0 Å². The van der Waals surface area contributed by atoms with Crippen LogP contribution in [0.3, 0.4) is 0 Å². The summed E-state index contributed by atoms with van der Waals surface area (Å²) in [4.78, 5) is 15.7. The molecule has 8 heteroatoms. The number of carbonyl (C=O) groups is 1. The van der Waals surface area contributed by atoms with E-state index in [0.29, 0.717) is 28.5 Å². The zero-order valence-corrected chi connectivity index (χ0v) is 15.1. The van der Waals surface area contributed by atoms with Crippen LogP contribution in [0.4, 0.5) is 29.7 Å². The van der Waals surface area contributed by atoms with Gasteiger partial charge >= 0.3 is 6.18 Å². The van der Waals surface area contributed by atoms with Gasteiger partial charge in [0.05, 0.1) is 11.3 Å². The van der Waals surface area contributed by atoms with Gasteiger partial charge in [-0.3, -0.25) is 4.79 Å². The molecule has 0 atom stereocenters. The molecular formula is C19H16F3N3OS. The first-order valence-corrected chi connectivity index (χ1v) is 9.03. The quantitative estimate of drug-likeness (QED) is 0.568. The summed E-state index contributed by atoms with van der Waals surface area (Å²) < 4.78 is 38.6. The molecule has 0 aliphatic carbocycles. The van der Waals surface area contributed by atoms with E-state index in [1.807, 2.05) is 0 Å². The van der Waals surface area contributed by atoms with Gasteiger partial charge in [0, 0.05) is 28.7 Å². The molecule has 0 saturated heterocycles. The summed E-state index contributed by atoms with van der Waals surface area (Å²) in [5.41, 5.74) is 1.63. The summed E-state index contributed by atoms with van der Waals surface area (Å²) in [7, 11) is 0. The van der Waals surface area contributed by atoms with Crippen LogP contribution in [-0.2, 0) is 11.0 Å². The van der Waals surface area contributed by atoms with Gasteiger partial charge in [-0.05, 0) is 36.4 Å². The lowest BCUT2D eigenvalue weighted by Crippen LogP contribution is -2.09. The number of anilines is 3. The lowest BCUT2D eigenvalue weighted by molar-refractivity contribution is -0.137. The highest BCUT2D eigenvalue weighted by Crippen LogP contribution is 2.33. The van der Waals surface area contributed by atoms with E-state index in [1.165, 1.54) is 17.4 Å². The number of aromatic nitrogens is 1. The van der Waals surface area contributed by atoms with Crippen LogP contribution < -0.4 is 10.6 Å². The minimum Gasteiger partial charge on any atom is -0.332 e. The minimum atomic E-state index is -4.39. The summed E-state index contributed by atoms with van der Waals surface area (Å²) in [5.74, 6) is -0.0682. The molecule has 1 heterocycles. The maximum Gasteiger partial charge on any atom is 0.416 e. The molecule has 4 nitrogen and oxygen atoms in total. The van der Waals surface area contributed by atoms with E-state index < -0.39 is 11.7 Å². The SMILES string of the molecule is CCC(=O)Nc1ccc(Nc2nc(-c3cccc(C(F)(F)F)c3)cs2)cc1. The van der Waals surface area contributed by atoms with Crippen molar-refractivity contribution in [1.82, 2.24) is 4.98 Å². The topological polar surface area (TPSA) is 54.0 Å². The second-order valence-corrected chi connectivity index (χ2v) is 6.58. The molecule has 0 spiro atoms. The predicted molar refractivity (Wildman–Crippen MR) is 101 cm³/mol. The van der Waals surface area contributed by atoms with Gasteiger partial charge < -0.3 is 10.6 Å². The molecule has 1 amide bonds. The molecule has 1 aromatic heterocycles. The highest BCUT2D eigenvalue weighted by Gasteiger charge is 2.30. The third kappa shape index (κ3) is 4.85. The van der Waals surface area contributed by atoms with E-state index in [1.54, 1.807) is 42.6 Å². The Kier molecular flexibility index (Phi) is 5.46. The number of halogens is 3. The molecule has 3 rings (SSSR count). The number of nitrogens with one attached hydrogen (secondary N) is 2. The molecule has 0 bridgehead atoms. The van der Waals surface area contributed by atoms with Gasteiger partial charge in [0.25, 0.3) is 0 Å². The van der Waals surface area contributed by atoms with Crippen molar-refractivity contribution in [3.05, 3.63) is 59.5 Å². The normalized spacial score (nSPS) is 11.3. The van der Waals surface area contributed by atoms with Crippen LogP contribution in [0.2, 0.25) is 0 Å². The largest absolute Gasteiger partial charge is 0.416 e. The number of benzene rings is 2. The second kappa shape index (κ2) is 7.79. The molecule has 0 aliphatic heterocycles. The van der Waals surface area contributed by atoms with Crippen LogP contribution in [0.1, 0.15) is 18.9 Å². The van der Waals surface area contributed by atoms with Crippen LogP contribution >= 0.6 is 11.3 Å². The van der Waals surface area contributed by atoms with E-state index >= 15 is 0 Å². The number of thiazole rings is 1. The number of nitrogens with zero attached hydrogens (tertiary/aromatic N) is 1. The number of alkyl halides is 3. The first-order chi connectivity index (χ1) is 12.8. The maximum atomic E-state index is 12.9. The van der Waals surface area contributed by atoms with E-state index in [0.717, 1.165) is 17.8 Å². The van der Waals surface area contributed by atoms with Crippen molar-refractivity contribution >= 4 is 33.8 Å². The van der Waals surface area contributed by atoms with Gasteiger partial charge in [-0.2, -0.15) is 13.2 Å². The lowest BCUT2D eigenvalue weighted by Gasteiger charge is -2.07. The Morgan fingerprint density at radius 2 is 1.81 bits per heavy atom. The van der Waals surface area contributed by atoms with Crippen molar-refractivity contribution < 1.29 is 18.0 Å². The number of hydrogen-bond acceptors (Lipinski definition) is 4. The third-order valence-corrected chi connectivity index (χ3v) is 4.49. The van der Waals surface area contributed by atoms with E-state index in [2.05, 4.69) is 15.6 Å². The Bertz CT molecular complexity index is 936. The fourth-order valence-electron chi connectivity index (χ4n) is 2.33. The number of rotatable bonds is 5. The number of hydrogen-bond donors (Lipinski definition) is 2. The lowest BCUT2D eigenvalue weighted by atomic mass is 10.1.